The fraction of sp³-hybridized carbons (Fsp3) is 0.435. The predicted molar refractivity (Wildman–Crippen MR) is 117 cm³/mol. The molecule has 3 aromatic rings. The lowest BCUT2D eigenvalue weighted by Crippen LogP contribution is -2.45. The Kier molecular flexibility index (Phi) is 5.89. The van der Waals surface area contributed by atoms with Crippen molar-refractivity contribution in [1.29, 1.82) is 5.26 Å². The van der Waals surface area contributed by atoms with Crippen LogP contribution in [0.4, 0.5) is 29.1 Å². The second kappa shape index (κ2) is 8.43. The SMILES string of the molecule is C[C@@](O)(c1ccc(Nc2nn([C@@]3(CC#N)CCCC[C@H]3F)c3cc[nH]c(=O)c23)cc1)C(F)(F)F. The van der Waals surface area contributed by atoms with Crippen LogP contribution in [0.1, 0.15) is 44.6 Å². The fourth-order valence-electron chi connectivity index (χ4n) is 4.51. The van der Waals surface area contributed by atoms with Gasteiger partial charge < -0.3 is 15.4 Å². The van der Waals surface area contributed by atoms with Gasteiger partial charge in [-0.25, -0.2) is 4.39 Å². The van der Waals surface area contributed by atoms with E-state index in [-0.39, 0.29) is 29.6 Å². The predicted octanol–water partition coefficient (Wildman–Crippen LogP) is 4.76. The summed E-state index contributed by atoms with van der Waals surface area (Å²) < 4.78 is 56.0. The molecule has 1 aromatic carbocycles. The number of pyridine rings is 1. The minimum atomic E-state index is -4.86. The van der Waals surface area contributed by atoms with Crippen molar-refractivity contribution in [2.45, 2.75) is 62.5 Å². The summed E-state index contributed by atoms with van der Waals surface area (Å²) in [5, 5.41) is 26.8. The lowest BCUT2D eigenvalue weighted by Gasteiger charge is -2.39. The van der Waals surface area contributed by atoms with Crippen LogP contribution in [0.3, 0.4) is 0 Å². The lowest BCUT2D eigenvalue weighted by atomic mass is 9.78. The largest absolute Gasteiger partial charge is 0.421 e. The number of aromatic amines is 1. The van der Waals surface area contributed by atoms with E-state index in [1.807, 2.05) is 0 Å². The summed E-state index contributed by atoms with van der Waals surface area (Å²) in [6.45, 7) is 0.663. The first-order chi connectivity index (χ1) is 16.0. The third-order valence-electron chi connectivity index (χ3n) is 6.57. The molecule has 0 saturated heterocycles. The number of fused-ring (bicyclic) bond motifs is 1. The Bertz CT molecular complexity index is 1290. The minimum absolute atomic E-state index is 0.0854. The van der Waals surface area contributed by atoms with Gasteiger partial charge in [-0.1, -0.05) is 25.0 Å². The van der Waals surface area contributed by atoms with Crippen LogP contribution in [0.25, 0.3) is 10.9 Å². The number of nitrogens with one attached hydrogen (secondary N) is 2. The highest BCUT2D eigenvalue weighted by molar-refractivity contribution is 5.91. The Morgan fingerprint density at radius 3 is 2.62 bits per heavy atom. The van der Waals surface area contributed by atoms with Gasteiger partial charge in [0.2, 0.25) is 0 Å². The van der Waals surface area contributed by atoms with E-state index in [0.717, 1.165) is 12.1 Å². The maximum Gasteiger partial charge on any atom is 0.421 e. The highest BCUT2D eigenvalue weighted by Gasteiger charge is 2.51. The molecule has 1 saturated carbocycles. The van der Waals surface area contributed by atoms with Gasteiger partial charge in [-0.15, -0.1) is 0 Å². The number of benzene rings is 1. The number of aromatic nitrogens is 3. The zero-order valence-corrected chi connectivity index (χ0v) is 18.3. The second-order valence-electron chi connectivity index (χ2n) is 8.75. The van der Waals surface area contributed by atoms with E-state index < -0.39 is 29.0 Å². The molecule has 2 aromatic heterocycles. The average molecular weight is 477 g/mol. The molecule has 0 spiro atoms. The van der Waals surface area contributed by atoms with Gasteiger partial charge in [0.05, 0.1) is 18.0 Å². The molecule has 180 valence electrons. The molecule has 0 unspecified atom stereocenters. The van der Waals surface area contributed by atoms with Gasteiger partial charge in [0.25, 0.3) is 5.56 Å². The Hall–Kier alpha value is -3.39. The van der Waals surface area contributed by atoms with Gasteiger partial charge in [0, 0.05) is 11.9 Å². The molecule has 0 amide bonds. The van der Waals surface area contributed by atoms with Crippen molar-refractivity contribution in [2.75, 3.05) is 5.32 Å². The molecule has 4 rings (SSSR count). The zero-order chi connectivity index (χ0) is 24.7. The van der Waals surface area contributed by atoms with Crippen LogP contribution in [0.15, 0.2) is 41.3 Å². The number of rotatable bonds is 5. The van der Waals surface area contributed by atoms with Crippen LogP contribution < -0.4 is 10.9 Å². The first-order valence-electron chi connectivity index (χ1n) is 10.8. The summed E-state index contributed by atoms with van der Waals surface area (Å²) in [7, 11) is 0. The number of halogens is 4. The molecular weight excluding hydrogens is 454 g/mol. The average Bonchev–Trinajstić information content (AvgIpc) is 3.15. The van der Waals surface area contributed by atoms with Gasteiger partial charge in [-0.05, 0) is 43.5 Å². The van der Waals surface area contributed by atoms with Crippen LogP contribution in [0, 0.1) is 11.3 Å². The summed E-state index contributed by atoms with van der Waals surface area (Å²) in [5.74, 6) is 0.0854. The molecule has 1 aliphatic carbocycles. The molecule has 3 atom stereocenters. The minimum Gasteiger partial charge on any atom is -0.376 e. The Labute approximate surface area is 192 Å². The van der Waals surface area contributed by atoms with Gasteiger partial charge in [-0.3, -0.25) is 9.48 Å². The standard InChI is InChI=1S/C23H23F4N5O2/c1-21(34,23(25,26)27)14-5-7-15(8-6-14)30-19-18-16(9-13-29-20(18)33)32(31-19)22(11-12-28)10-3-2-4-17(22)24/h5-9,13,17,34H,2-4,10-11H2,1H3,(H,29,33)(H,30,31)/t17-,21-,22-/m1/s1. The maximum absolute atomic E-state index is 15.3. The fourth-order valence-corrected chi connectivity index (χ4v) is 4.51. The lowest BCUT2D eigenvalue weighted by molar-refractivity contribution is -0.258. The molecule has 34 heavy (non-hydrogen) atoms. The summed E-state index contributed by atoms with van der Waals surface area (Å²) in [5.41, 5.74) is -4.43. The monoisotopic (exact) mass is 477 g/mol. The van der Waals surface area contributed by atoms with E-state index in [2.05, 4.69) is 21.5 Å². The van der Waals surface area contributed by atoms with Crippen molar-refractivity contribution >= 4 is 22.4 Å². The first-order valence-corrected chi connectivity index (χ1v) is 10.8. The van der Waals surface area contributed by atoms with Crippen LogP contribution in [-0.2, 0) is 11.1 Å². The van der Waals surface area contributed by atoms with Crippen LogP contribution in [-0.4, -0.2) is 32.2 Å². The molecule has 2 heterocycles. The third-order valence-corrected chi connectivity index (χ3v) is 6.57. The van der Waals surface area contributed by atoms with Crippen molar-refractivity contribution in [3.05, 3.63) is 52.4 Å². The van der Waals surface area contributed by atoms with E-state index in [1.54, 1.807) is 6.07 Å². The normalized spacial score (nSPS) is 22.8. The van der Waals surface area contributed by atoms with Gasteiger partial charge in [0.15, 0.2) is 11.4 Å². The van der Waals surface area contributed by atoms with Crippen molar-refractivity contribution in [2.24, 2.45) is 0 Å². The molecule has 0 bridgehead atoms. The van der Waals surface area contributed by atoms with E-state index in [0.29, 0.717) is 37.4 Å². The molecule has 1 aliphatic rings. The van der Waals surface area contributed by atoms with E-state index in [4.69, 9.17) is 0 Å². The number of alkyl halides is 4. The van der Waals surface area contributed by atoms with Crippen molar-refractivity contribution in [3.8, 4) is 6.07 Å². The summed E-state index contributed by atoms with van der Waals surface area (Å²) in [4.78, 5) is 15.2. The molecule has 1 fully saturated rings. The number of H-pyrrole nitrogens is 1. The van der Waals surface area contributed by atoms with Crippen LogP contribution in [0.2, 0.25) is 0 Å². The Balaban J connectivity index is 1.78. The van der Waals surface area contributed by atoms with Gasteiger partial charge in [0.1, 0.15) is 17.1 Å². The number of hydrogen-bond donors (Lipinski definition) is 3. The molecule has 7 nitrogen and oxygen atoms in total. The number of anilines is 2. The van der Waals surface area contributed by atoms with Gasteiger partial charge in [-0.2, -0.15) is 23.5 Å². The Morgan fingerprint density at radius 2 is 2.00 bits per heavy atom. The van der Waals surface area contributed by atoms with Crippen molar-refractivity contribution in [3.63, 3.8) is 0 Å². The van der Waals surface area contributed by atoms with Crippen LogP contribution in [0.5, 0.6) is 0 Å². The van der Waals surface area contributed by atoms with E-state index in [1.165, 1.54) is 23.0 Å². The zero-order valence-electron chi connectivity index (χ0n) is 18.3. The van der Waals surface area contributed by atoms with Crippen LogP contribution >= 0.6 is 0 Å². The summed E-state index contributed by atoms with van der Waals surface area (Å²) >= 11 is 0. The number of aliphatic hydroxyl groups is 1. The number of nitrogens with zero attached hydrogens (tertiary/aromatic N) is 3. The molecule has 0 radical (unpaired) electrons. The second-order valence-corrected chi connectivity index (χ2v) is 8.75. The topological polar surface area (TPSA) is 107 Å². The molecule has 11 heteroatoms. The Morgan fingerprint density at radius 1 is 1.29 bits per heavy atom. The molecule has 0 aliphatic heterocycles. The quantitative estimate of drug-likeness (QED) is 0.460. The van der Waals surface area contributed by atoms with Gasteiger partial charge >= 0.3 is 6.18 Å². The number of hydrogen-bond acceptors (Lipinski definition) is 5. The maximum atomic E-state index is 15.3. The highest BCUT2D eigenvalue weighted by atomic mass is 19.4. The molecule has 3 N–H and O–H groups in total. The van der Waals surface area contributed by atoms with E-state index in [9.17, 15) is 28.3 Å². The summed E-state index contributed by atoms with van der Waals surface area (Å²) in [6.07, 6.45) is -2.86. The van der Waals surface area contributed by atoms with Crippen molar-refractivity contribution < 1.29 is 22.7 Å². The smallest absolute Gasteiger partial charge is 0.376 e. The highest BCUT2D eigenvalue weighted by Crippen LogP contribution is 2.42. The van der Waals surface area contributed by atoms with Crippen molar-refractivity contribution in [1.82, 2.24) is 14.8 Å². The van der Waals surface area contributed by atoms with E-state index >= 15 is 4.39 Å². The third kappa shape index (κ3) is 3.81. The molecular formula is C23H23F4N5O2. The number of nitriles is 1. The summed E-state index contributed by atoms with van der Waals surface area (Å²) in [6, 6.07) is 8.52. The first kappa shape index (κ1) is 23.8.